The van der Waals surface area contributed by atoms with Gasteiger partial charge in [-0.3, -0.25) is 4.98 Å². The molecule has 0 bridgehead atoms. The first-order valence-electron chi connectivity index (χ1n) is 5.18. The van der Waals surface area contributed by atoms with Crippen LogP contribution < -0.4 is 16.2 Å². The van der Waals surface area contributed by atoms with Gasteiger partial charge in [-0.25, -0.2) is 0 Å². The Balaban J connectivity index is 2.40. The molecular weight excluding hydrogens is 202 g/mol. The van der Waals surface area contributed by atoms with Crippen LogP contribution >= 0.6 is 0 Å². The molecule has 0 amide bonds. The van der Waals surface area contributed by atoms with Crippen LogP contribution in [0.15, 0.2) is 30.6 Å². The standard InChI is InChI=1S/C12H15N3O/c1-8(13)7-16-12-6-15-5-9-2-3-10(14)4-11(9)12/h2-6,8H,7,13-14H2,1H3/t8-/m1/s1. The third-order valence-corrected chi connectivity index (χ3v) is 2.25. The fraction of sp³-hybridized carbons (Fsp3) is 0.250. The zero-order valence-corrected chi connectivity index (χ0v) is 9.18. The maximum Gasteiger partial charge on any atom is 0.145 e. The summed E-state index contributed by atoms with van der Waals surface area (Å²) in [7, 11) is 0. The molecule has 16 heavy (non-hydrogen) atoms. The highest BCUT2D eigenvalue weighted by Crippen LogP contribution is 2.26. The maximum atomic E-state index is 5.75. The summed E-state index contributed by atoms with van der Waals surface area (Å²) in [5.41, 5.74) is 12.1. The van der Waals surface area contributed by atoms with Crippen molar-refractivity contribution in [3.05, 3.63) is 30.6 Å². The number of hydrogen-bond donors (Lipinski definition) is 2. The zero-order valence-electron chi connectivity index (χ0n) is 9.18. The van der Waals surface area contributed by atoms with Crippen molar-refractivity contribution >= 4 is 16.5 Å². The summed E-state index contributed by atoms with van der Waals surface area (Å²) in [6.45, 7) is 2.36. The molecule has 84 valence electrons. The fourth-order valence-electron chi connectivity index (χ4n) is 1.49. The van der Waals surface area contributed by atoms with Crippen LogP contribution in [-0.4, -0.2) is 17.6 Å². The Hall–Kier alpha value is -1.81. The van der Waals surface area contributed by atoms with Crippen LogP contribution in [0.2, 0.25) is 0 Å². The van der Waals surface area contributed by atoms with Gasteiger partial charge in [0.15, 0.2) is 0 Å². The van der Waals surface area contributed by atoms with Gasteiger partial charge in [0.1, 0.15) is 12.4 Å². The second-order valence-electron chi connectivity index (χ2n) is 3.91. The van der Waals surface area contributed by atoms with Gasteiger partial charge in [-0.1, -0.05) is 6.07 Å². The lowest BCUT2D eigenvalue weighted by molar-refractivity contribution is 0.298. The number of pyridine rings is 1. The first-order valence-corrected chi connectivity index (χ1v) is 5.18. The van der Waals surface area contributed by atoms with Crippen molar-refractivity contribution in [3.63, 3.8) is 0 Å². The molecule has 1 atom stereocenters. The number of hydrogen-bond acceptors (Lipinski definition) is 4. The molecule has 0 fully saturated rings. The van der Waals surface area contributed by atoms with E-state index in [9.17, 15) is 0 Å². The second-order valence-corrected chi connectivity index (χ2v) is 3.91. The molecule has 0 aliphatic rings. The highest BCUT2D eigenvalue weighted by atomic mass is 16.5. The molecule has 1 aromatic heterocycles. The molecular formula is C12H15N3O. The van der Waals surface area contributed by atoms with E-state index in [0.717, 1.165) is 16.5 Å². The maximum absolute atomic E-state index is 5.75. The van der Waals surface area contributed by atoms with E-state index in [1.807, 2.05) is 25.1 Å². The number of nitrogens with two attached hydrogens (primary N) is 2. The molecule has 0 saturated heterocycles. The Morgan fingerprint density at radius 2 is 2.19 bits per heavy atom. The second kappa shape index (κ2) is 4.37. The molecule has 1 heterocycles. The minimum Gasteiger partial charge on any atom is -0.490 e. The summed E-state index contributed by atoms with van der Waals surface area (Å²) in [4.78, 5) is 4.11. The summed E-state index contributed by atoms with van der Waals surface area (Å²) in [6.07, 6.45) is 3.47. The molecule has 0 aliphatic carbocycles. The largest absolute Gasteiger partial charge is 0.490 e. The SMILES string of the molecule is C[C@@H](N)COc1cncc2ccc(N)cc12. The van der Waals surface area contributed by atoms with E-state index in [4.69, 9.17) is 16.2 Å². The van der Waals surface area contributed by atoms with Crippen LogP contribution in [0, 0.1) is 0 Å². The minimum atomic E-state index is -0.00341. The topological polar surface area (TPSA) is 74.2 Å². The number of fused-ring (bicyclic) bond motifs is 1. The third-order valence-electron chi connectivity index (χ3n) is 2.25. The Bertz CT molecular complexity index is 497. The number of benzene rings is 1. The molecule has 1 aromatic carbocycles. The molecule has 0 saturated carbocycles. The van der Waals surface area contributed by atoms with Gasteiger partial charge in [-0.2, -0.15) is 0 Å². The molecule has 0 aliphatic heterocycles. The van der Waals surface area contributed by atoms with E-state index in [1.54, 1.807) is 12.4 Å². The molecule has 0 unspecified atom stereocenters. The van der Waals surface area contributed by atoms with Gasteiger partial charge in [0.2, 0.25) is 0 Å². The number of anilines is 1. The number of ether oxygens (including phenoxy) is 1. The summed E-state index contributed by atoms with van der Waals surface area (Å²) in [6, 6.07) is 5.65. The van der Waals surface area contributed by atoms with E-state index in [2.05, 4.69) is 4.98 Å². The van der Waals surface area contributed by atoms with E-state index in [1.165, 1.54) is 0 Å². The van der Waals surface area contributed by atoms with Crippen molar-refractivity contribution < 1.29 is 4.74 Å². The van der Waals surface area contributed by atoms with Gasteiger partial charge in [0.05, 0.1) is 6.20 Å². The van der Waals surface area contributed by atoms with Crippen molar-refractivity contribution in [1.82, 2.24) is 4.98 Å². The summed E-state index contributed by atoms with van der Waals surface area (Å²) in [5.74, 6) is 0.724. The van der Waals surface area contributed by atoms with Crippen molar-refractivity contribution in [3.8, 4) is 5.75 Å². The Morgan fingerprint density at radius 3 is 2.94 bits per heavy atom. The lowest BCUT2D eigenvalue weighted by Crippen LogP contribution is -2.23. The normalized spacial score (nSPS) is 12.6. The molecule has 4 nitrogen and oxygen atoms in total. The van der Waals surface area contributed by atoms with E-state index < -0.39 is 0 Å². The predicted molar refractivity (Wildman–Crippen MR) is 65.3 cm³/mol. The molecule has 2 aromatic rings. The van der Waals surface area contributed by atoms with Crippen LogP contribution in [0.4, 0.5) is 5.69 Å². The van der Waals surface area contributed by atoms with Gasteiger partial charge in [-0.15, -0.1) is 0 Å². The number of aromatic nitrogens is 1. The van der Waals surface area contributed by atoms with Gasteiger partial charge >= 0.3 is 0 Å². The van der Waals surface area contributed by atoms with Gasteiger partial charge in [-0.05, 0) is 19.1 Å². The fourth-order valence-corrected chi connectivity index (χ4v) is 1.49. The average Bonchev–Trinajstić information content (AvgIpc) is 2.26. The molecule has 4 N–H and O–H groups in total. The lowest BCUT2D eigenvalue weighted by Gasteiger charge is -2.10. The van der Waals surface area contributed by atoms with Crippen LogP contribution in [0.5, 0.6) is 5.75 Å². The number of rotatable bonds is 3. The molecule has 0 spiro atoms. The first kappa shape index (κ1) is 10.7. The van der Waals surface area contributed by atoms with Crippen molar-refractivity contribution in [2.45, 2.75) is 13.0 Å². The smallest absolute Gasteiger partial charge is 0.145 e. The summed E-state index contributed by atoms with van der Waals surface area (Å²) in [5, 5.41) is 1.98. The third kappa shape index (κ3) is 2.23. The van der Waals surface area contributed by atoms with Crippen LogP contribution in [-0.2, 0) is 0 Å². The van der Waals surface area contributed by atoms with Crippen molar-refractivity contribution in [2.75, 3.05) is 12.3 Å². The molecule has 2 rings (SSSR count). The van der Waals surface area contributed by atoms with E-state index >= 15 is 0 Å². The predicted octanol–water partition coefficient (Wildman–Crippen LogP) is 1.54. The van der Waals surface area contributed by atoms with Crippen LogP contribution in [0.3, 0.4) is 0 Å². The van der Waals surface area contributed by atoms with Gasteiger partial charge in [0.25, 0.3) is 0 Å². The van der Waals surface area contributed by atoms with Gasteiger partial charge < -0.3 is 16.2 Å². The van der Waals surface area contributed by atoms with Gasteiger partial charge in [0, 0.05) is 28.7 Å². The van der Waals surface area contributed by atoms with Crippen molar-refractivity contribution in [2.24, 2.45) is 5.73 Å². The van der Waals surface area contributed by atoms with E-state index in [-0.39, 0.29) is 6.04 Å². The quantitative estimate of drug-likeness (QED) is 0.765. The average molecular weight is 217 g/mol. The Labute approximate surface area is 94.2 Å². The minimum absolute atomic E-state index is 0.00341. The molecule has 4 heteroatoms. The van der Waals surface area contributed by atoms with Crippen molar-refractivity contribution in [1.29, 1.82) is 0 Å². The van der Waals surface area contributed by atoms with Crippen LogP contribution in [0.1, 0.15) is 6.92 Å². The summed E-state index contributed by atoms with van der Waals surface area (Å²) >= 11 is 0. The number of nitrogens with zero attached hydrogens (tertiary/aromatic N) is 1. The Morgan fingerprint density at radius 1 is 1.38 bits per heavy atom. The van der Waals surface area contributed by atoms with Crippen LogP contribution in [0.25, 0.3) is 10.8 Å². The lowest BCUT2D eigenvalue weighted by atomic mass is 10.1. The number of nitrogen functional groups attached to an aromatic ring is 1. The zero-order chi connectivity index (χ0) is 11.5. The highest BCUT2D eigenvalue weighted by molar-refractivity contribution is 5.89. The first-order chi connectivity index (χ1) is 7.66. The highest BCUT2D eigenvalue weighted by Gasteiger charge is 2.04. The van der Waals surface area contributed by atoms with E-state index in [0.29, 0.717) is 12.3 Å². The monoisotopic (exact) mass is 217 g/mol. The summed E-state index contributed by atoms with van der Waals surface area (Å²) < 4.78 is 5.59. The molecule has 0 radical (unpaired) electrons. The Kier molecular flexibility index (Phi) is 2.92.